The number of hydrogen-bond donors (Lipinski definition) is 3. The van der Waals surface area contributed by atoms with Gasteiger partial charge >= 0.3 is 0 Å². The summed E-state index contributed by atoms with van der Waals surface area (Å²) in [5.41, 5.74) is 3.00. The molecule has 1 atom stereocenters. The summed E-state index contributed by atoms with van der Waals surface area (Å²) < 4.78 is 0. The molecule has 0 aliphatic rings. The Bertz CT molecular complexity index is 778. The average molecular weight is 368 g/mol. The van der Waals surface area contributed by atoms with Crippen LogP contribution in [0, 0.1) is 0 Å². The van der Waals surface area contributed by atoms with E-state index in [4.69, 9.17) is 0 Å². The third-order valence-electron chi connectivity index (χ3n) is 4.58. The van der Waals surface area contributed by atoms with E-state index < -0.39 is 11.6 Å². The van der Waals surface area contributed by atoms with E-state index in [-0.39, 0.29) is 11.8 Å². The Balaban J connectivity index is 2.03. The highest BCUT2D eigenvalue weighted by Crippen LogP contribution is 2.23. The molecule has 2 aromatic rings. The first-order valence-corrected chi connectivity index (χ1v) is 9.13. The third-order valence-corrected chi connectivity index (χ3v) is 4.58. The fourth-order valence-corrected chi connectivity index (χ4v) is 2.76. The minimum atomic E-state index is -0.489. The molecule has 0 saturated carbocycles. The van der Waals surface area contributed by atoms with Crippen molar-refractivity contribution in [2.45, 2.75) is 45.3 Å². The first-order chi connectivity index (χ1) is 12.7. The number of amides is 2. The van der Waals surface area contributed by atoms with Gasteiger partial charge in [0.15, 0.2) is 0 Å². The van der Waals surface area contributed by atoms with Crippen molar-refractivity contribution < 1.29 is 14.7 Å². The van der Waals surface area contributed by atoms with Crippen molar-refractivity contribution in [1.82, 2.24) is 10.6 Å². The molecule has 2 aromatic carbocycles. The summed E-state index contributed by atoms with van der Waals surface area (Å²) in [6.45, 7) is 5.55. The van der Waals surface area contributed by atoms with Gasteiger partial charge in [-0.15, -0.1) is 0 Å². The monoisotopic (exact) mass is 368 g/mol. The van der Waals surface area contributed by atoms with Gasteiger partial charge in [-0.3, -0.25) is 9.59 Å². The molecule has 5 nitrogen and oxygen atoms in total. The summed E-state index contributed by atoms with van der Waals surface area (Å²) >= 11 is 0. The van der Waals surface area contributed by atoms with Crippen molar-refractivity contribution in [2.75, 3.05) is 7.05 Å². The van der Waals surface area contributed by atoms with Crippen molar-refractivity contribution in [3.05, 3.63) is 59.7 Å². The highest BCUT2D eigenvalue weighted by Gasteiger charge is 2.22. The maximum absolute atomic E-state index is 12.5. The fourth-order valence-electron chi connectivity index (χ4n) is 2.76. The maximum Gasteiger partial charge on any atom is 0.251 e. The Morgan fingerprint density at radius 3 is 2.00 bits per heavy atom. The summed E-state index contributed by atoms with van der Waals surface area (Å²) in [4.78, 5) is 23.9. The molecule has 1 unspecified atom stereocenters. The lowest BCUT2D eigenvalue weighted by molar-refractivity contribution is -0.121. The van der Waals surface area contributed by atoms with E-state index in [0.717, 1.165) is 16.7 Å². The minimum Gasteiger partial charge on any atom is -0.389 e. The molecule has 2 rings (SSSR count). The SMILES string of the molecule is CNC(=O)CCC(C)(C)NC(=O)c1ccc(-c2ccc(C(C)O)cc2)cc1. The van der Waals surface area contributed by atoms with Crippen LogP contribution in [0.2, 0.25) is 0 Å². The van der Waals surface area contributed by atoms with Crippen molar-refractivity contribution in [2.24, 2.45) is 0 Å². The second kappa shape index (κ2) is 8.82. The Hall–Kier alpha value is -2.66. The lowest BCUT2D eigenvalue weighted by Crippen LogP contribution is -2.44. The molecule has 3 N–H and O–H groups in total. The van der Waals surface area contributed by atoms with Crippen LogP contribution in [-0.2, 0) is 4.79 Å². The molecule has 0 aromatic heterocycles. The van der Waals surface area contributed by atoms with E-state index in [9.17, 15) is 14.7 Å². The lowest BCUT2D eigenvalue weighted by Gasteiger charge is -2.26. The molecule has 0 spiro atoms. The fraction of sp³-hybridized carbons (Fsp3) is 0.364. The van der Waals surface area contributed by atoms with Crippen molar-refractivity contribution >= 4 is 11.8 Å². The number of hydrogen-bond acceptors (Lipinski definition) is 3. The minimum absolute atomic E-state index is 0.0386. The summed E-state index contributed by atoms with van der Waals surface area (Å²) in [5.74, 6) is -0.198. The maximum atomic E-state index is 12.5. The number of rotatable bonds is 7. The van der Waals surface area contributed by atoms with Crippen LogP contribution in [0.4, 0.5) is 0 Å². The first kappa shape index (κ1) is 20.6. The molecular formula is C22H28N2O3. The number of nitrogens with one attached hydrogen (secondary N) is 2. The number of aliphatic hydroxyl groups is 1. The molecule has 27 heavy (non-hydrogen) atoms. The van der Waals surface area contributed by atoms with Gasteiger partial charge in [-0.25, -0.2) is 0 Å². The van der Waals surface area contributed by atoms with Crippen LogP contribution in [0.15, 0.2) is 48.5 Å². The third kappa shape index (κ3) is 5.93. The van der Waals surface area contributed by atoms with E-state index in [1.54, 1.807) is 26.1 Å². The molecule has 0 bridgehead atoms. The predicted molar refractivity (Wildman–Crippen MR) is 107 cm³/mol. The van der Waals surface area contributed by atoms with Crippen LogP contribution in [0.1, 0.15) is 55.6 Å². The number of carbonyl (C=O) groups excluding carboxylic acids is 2. The zero-order valence-electron chi connectivity index (χ0n) is 16.4. The summed E-state index contributed by atoms with van der Waals surface area (Å²) in [7, 11) is 1.60. The van der Waals surface area contributed by atoms with Gasteiger partial charge in [0.25, 0.3) is 5.91 Å². The van der Waals surface area contributed by atoms with Crippen LogP contribution in [0.5, 0.6) is 0 Å². The Morgan fingerprint density at radius 1 is 1.00 bits per heavy atom. The summed E-state index contributed by atoms with van der Waals surface area (Å²) in [5, 5.41) is 15.2. The lowest BCUT2D eigenvalue weighted by atomic mass is 9.97. The standard InChI is InChI=1S/C22H28N2O3/c1-15(25)16-5-7-17(8-6-16)18-9-11-19(12-10-18)21(27)24-22(2,3)14-13-20(26)23-4/h5-12,15,25H,13-14H2,1-4H3,(H,23,26)(H,24,27). The van der Waals surface area contributed by atoms with Crippen LogP contribution in [0.3, 0.4) is 0 Å². The zero-order chi connectivity index (χ0) is 20.0. The molecule has 2 amide bonds. The molecule has 5 heteroatoms. The van der Waals surface area contributed by atoms with Gasteiger partial charge < -0.3 is 15.7 Å². The quantitative estimate of drug-likeness (QED) is 0.700. The van der Waals surface area contributed by atoms with Crippen molar-refractivity contribution in [1.29, 1.82) is 0 Å². The predicted octanol–water partition coefficient (Wildman–Crippen LogP) is 3.44. The largest absolute Gasteiger partial charge is 0.389 e. The van der Waals surface area contributed by atoms with E-state index in [0.29, 0.717) is 18.4 Å². The molecule has 144 valence electrons. The van der Waals surface area contributed by atoms with Gasteiger partial charge in [0.05, 0.1) is 6.10 Å². The van der Waals surface area contributed by atoms with Gasteiger partial charge in [-0.05, 0) is 56.0 Å². The summed E-state index contributed by atoms with van der Waals surface area (Å²) in [6, 6.07) is 15.1. The first-order valence-electron chi connectivity index (χ1n) is 9.13. The zero-order valence-corrected chi connectivity index (χ0v) is 16.4. The molecular weight excluding hydrogens is 340 g/mol. The molecule has 0 fully saturated rings. The van der Waals surface area contributed by atoms with E-state index >= 15 is 0 Å². The normalized spacial score (nSPS) is 12.3. The number of carbonyl (C=O) groups is 2. The number of benzene rings is 2. The van der Waals surface area contributed by atoms with Crippen LogP contribution >= 0.6 is 0 Å². The van der Waals surface area contributed by atoms with Gasteiger partial charge in [0.2, 0.25) is 5.91 Å². The molecule has 0 aliphatic heterocycles. The molecule has 0 radical (unpaired) electrons. The Labute approximate surface area is 160 Å². The second-order valence-corrected chi connectivity index (χ2v) is 7.39. The van der Waals surface area contributed by atoms with Crippen LogP contribution < -0.4 is 10.6 Å². The van der Waals surface area contributed by atoms with Gasteiger partial charge in [0.1, 0.15) is 0 Å². The average Bonchev–Trinajstić information content (AvgIpc) is 2.66. The molecule has 0 heterocycles. The van der Waals surface area contributed by atoms with Gasteiger partial charge in [-0.1, -0.05) is 36.4 Å². The molecule has 0 saturated heterocycles. The summed E-state index contributed by atoms with van der Waals surface area (Å²) in [6.07, 6.45) is 0.439. The van der Waals surface area contributed by atoms with Crippen molar-refractivity contribution in [3.63, 3.8) is 0 Å². The Morgan fingerprint density at radius 2 is 1.52 bits per heavy atom. The smallest absolute Gasteiger partial charge is 0.251 e. The van der Waals surface area contributed by atoms with Crippen molar-refractivity contribution in [3.8, 4) is 11.1 Å². The van der Waals surface area contributed by atoms with Crippen LogP contribution in [0.25, 0.3) is 11.1 Å². The van der Waals surface area contributed by atoms with Gasteiger partial charge in [-0.2, -0.15) is 0 Å². The molecule has 0 aliphatic carbocycles. The topological polar surface area (TPSA) is 78.4 Å². The van der Waals surface area contributed by atoms with E-state index in [1.807, 2.05) is 50.2 Å². The Kier molecular flexibility index (Phi) is 6.75. The van der Waals surface area contributed by atoms with E-state index in [1.165, 1.54) is 0 Å². The highest BCUT2D eigenvalue weighted by molar-refractivity contribution is 5.95. The highest BCUT2D eigenvalue weighted by atomic mass is 16.3. The van der Waals surface area contributed by atoms with E-state index in [2.05, 4.69) is 10.6 Å². The number of aliphatic hydroxyl groups excluding tert-OH is 1. The van der Waals surface area contributed by atoms with Gasteiger partial charge in [0, 0.05) is 24.6 Å². The second-order valence-electron chi connectivity index (χ2n) is 7.39. The van der Waals surface area contributed by atoms with Crippen LogP contribution in [-0.4, -0.2) is 29.5 Å².